The van der Waals surface area contributed by atoms with Crippen LogP contribution in [0.5, 0.6) is 0 Å². The van der Waals surface area contributed by atoms with Crippen LogP contribution in [0.25, 0.3) is 0 Å². The van der Waals surface area contributed by atoms with E-state index in [2.05, 4.69) is 43.3 Å². The number of rotatable bonds is 4. The minimum absolute atomic E-state index is 0.360. The highest BCUT2D eigenvalue weighted by Crippen LogP contribution is 2.31. The van der Waals surface area contributed by atoms with E-state index in [4.69, 9.17) is 4.98 Å². The van der Waals surface area contributed by atoms with Gasteiger partial charge in [-0.3, -0.25) is 0 Å². The van der Waals surface area contributed by atoms with Crippen molar-refractivity contribution in [2.45, 2.75) is 52.6 Å². The van der Waals surface area contributed by atoms with Gasteiger partial charge in [-0.15, -0.1) is 11.3 Å². The lowest BCUT2D eigenvalue weighted by atomic mass is 9.94. The average molecular weight is 267 g/mol. The van der Waals surface area contributed by atoms with Crippen LogP contribution in [0, 0.1) is 5.92 Å². The molecule has 2 heterocycles. The largest absolute Gasteiger partial charge is 0.345 e. The van der Waals surface area contributed by atoms with E-state index < -0.39 is 0 Å². The number of nitrogens with zero attached hydrogens (tertiary/aromatic N) is 2. The van der Waals surface area contributed by atoms with Gasteiger partial charge in [-0.2, -0.15) is 0 Å². The second kappa shape index (κ2) is 6.02. The Hall–Kier alpha value is -0.610. The van der Waals surface area contributed by atoms with E-state index in [0.717, 1.165) is 19.0 Å². The van der Waals surface area contributed by atoms with E-state index in [-0.39, 0.29) is 0 Å². The van der Waals surface area contributed by atoms with Gasteiger partial charge in [0.25, 0.3) is 0 Å². The third-order valence-corrected chi connectivity index (χ3v) is 4.74. The summed E-state index contributed by atoms with van der Waals surface area (Å²) in [6.07, 6.45) is 2.58. The third-order valence-electron chi connectivity index (χ3n) is 3.85. The van der Waals surface area contributed by atoms with Gasteiger partial charge >= 0.3 is 0 Å². The highest BCUT2D eigenvalue weighted by atomic mass is 32.1. The fourth-order valence-corrected chi connectivity index (χ4v) is 3.76. The van der Waals surface area contributed by atoms with Crippen LogP contribution < -0.4 is 10.2 Å². The first-order valence-corrected chi connectivity index (χ1v) is 7.95. The molecule has 3 atom stereocenters. The zero-order valence-electron chi connectivity index (χ0n) is 11.9. The van der Waals surface area contributed by atoms with Crippen molar-refractivity contribution in [2.24, 2.45) is 5.92 Å². The molecule has 1 aliphatic heterocycles. The van der Waals surface area contributed by atoms with Gasteiger partial charge in [-0.25, -0.2) is 4.98 Å². The molecule has 0 aromatic carbocycles. The predicted molar refractivity (Wildman–Crippen MR) is 79.4 cm³/mol. The molecule has 102 valence electrons. The van der Waals surface area contributed by atoms with Gasteiger partial charge in [-0.1, -0.05) is 13.8 Å². The average Bonchev–Trinajstić information content (AvgIpc) is 2.78. The molecule has 2 rings (SSSR count). The van der Waals surface area contributed by atoms with Crippen LogP contribution in [-0.4, -0.2) is 24.1 Å². The first kappa shape index (κ1) is 13.8. The van der Waals surface area contributed by atoms with Crippen molar-refractivity contribution in [1.82, 2.24) is 10.3 Å². The smallest absolute Gasteiger partial charge is 0.185 e. The molecule has 1 N–H and O–H groups in total. The minimum Gasteiger partial charge on any atom is -0.345 e. The van der Waals surface area contributed by atoms with E-state index in [9.17, 15) is 0 Å². The first-order chi connectivity index (χ1) is 8.61. The van der Waals surface area contributed by atoms with Crippen LogP contribution in [0.1, 0.15) is 52.3 Å². The maximum Gasteiger partial charge on any atom is 0.185 e. The van der Waals surface area contributed by atoms with Gasteiger partial charge in [0.15, 0.2) is 5.13 Å². The number of anilines is 1. The zero-order valence-corrected chi connectivity index (χ0v) is 12.8. The van der Waals surface area contributed by atoms with Gasteiger partial charge in [-0.05, 0) is 39.2 Å². The zero-order chi connectivity index (χ0) is 13.1. The van der Waals surface area contributed by atoms with Crippen LogP contribution in [0.15, 0.2) is 5.38 Å². The Bertz CT molecular complexity index is 377. The van der Waals surface area contributed by atoms with Crippen molar-refractivity contribution in [3.63, 3.8) is 0 Å². The van der Waals surface area contributed by atoms with Gasteiger partial charge < -0.3 is 10.2 Å². The summed E-state index contributed by atoms with van der Waals surface area (Å²) in [4.78, 5) is 7.29. The molecule has 1 aromatic heterocycles. The van der Waals surface area contributed by atoms with E-state index >= 15 is 0 Å². The molecule has 0 aliphatic carbocycles. The van der Waals surface area contributed by atoms with Crippen LogP contribution in [0.3, 0.4) is 0 Å². The lowest BCUT2D eigenvalue weighted by Crippen LogP contribution is -2.40. The van der Waals surface area contributed by atoms with E-state index in [1.165, 1.54) is 23.7 Å². The summed E-state index contributed by atoms with van der Waals surface area (Å²) in [5.74, 6) is 0.858. The Morgan fingerprint density at radius 2 is 2.33 bits per heavy atom. The molecule has 1 fully saturated rings. The Balaban J connectivity index is 2.05. The summed E-state index contributed by atoms with van der Waals surface area (Å²) in [5, 5.41) is 6.83. The van der Waals surface area contributed by atoms with Crippen LogP contribution >= 0.6 is 11.3 Å². The Morgan fingerprint density at radius 1 is 1.56 bits per heavy atom. The minimum atomic E-state index is 0.360. The van der Waals surface area contributed by atoms with E-state index in [0.29, 0.717) is 12.1 Å². The van der Waals surface area contributed by atoms with Crippen molar-refractivity contribution >= 4 is 16.5 Å². The molecule has 0 radical (unpaired) electrons. The van der Waals surface area contributed by atoms with Crippen molar-refractivity contribution in [3.05, 3.63) is 11.1 Å². The second-order valence-electron chi connectivity index (χ2n) is 5.51. The third kappa shape index (κ3) is 3.04. The predicted octanol–water partition coefficient (Wildman–Crippen LogP) is 3.44. The molecule has 0 saturated carbocycles. The van der Waals surface area contributed by atoms with Gasteiger partial charge in [0.1, 0.15) is 0 Å². The molecule has 1 aromatic rings. The molecule has 1 saturated heterocycles. The van der Waals surface area contributed by atoms with Gasteiger partial charge in [0.05, 0.1) is 5.69 Å². The fourth-order valence-electron chi connectivity index (χ4n) is 2.71. The summed E-state index contributed by atoms with van der Waals surface area (Å²) in [6, 6.07) is 0.987. The van der Waals surface area contributed by atoms with Gasteiger partial charge in [0.2, 0.25) is 0 Å². The first-order valence-electron chi connectivity index (χ1n) is 7.07. The highest BCUT2D eigenvalue weighted by molar-refractivity contribution is 7.13. The number of piperidine rings is 1. The molecule has 1 aliphatic rings. The number of hydrogen-bond acceptors (Lipinski definition) is 4. The molecule has 4 heteroatoms. The number of nitrogens with one attached hydrogen (secondary N) is 1. The number of thiazole rings is 1. The normalized spacial score (nSPS) is 26.3. The molecule has 0 spiro atoms. The fraction of sp³-hybridized carbons (Fsp3) is 0.786. The lowest BCUT2D eigenvalue weighted by Gasteiger charge is -2.36. The quantitative estimate of drug-likeness (QED) is 0.906. The van der Waals surface area contributed by atoms with Crippen molar-refractivity contribution < 1.29 is 0 Å². The number of aromatic nitrogens is 1. The molecule has 3 unspecified atom stereocenters. The lowest BCUT2D eigenvalue weighted by molar-refractivity contribution is 0.377. The van der Waals surface area contributed by atoms with Crippen molar-refractivity contribution in [3.8, 4) is 0 Å². The van der Waals surface area contributed by atoms with Crippen LogP contribution in [-0.2, 0) is 0 Å². The molecular weight excluding hydrogens is 242 g/mol. The summed E-state index contributed by atoms with van der Waals surface area (Å²) >= 11 is 1.79. The van der Waals surface area contributed by atoms with Crippen LogP contribution in [0.2, 0.25) is 0 Å². The summed E-state index contributed by atoms with van der Waals surface area (Å²) in [5.41, 5.74) is 1.18. The van der Waals surface area contributed by atoms with E-state index in [1.807, 2.05) is 0 Å². The SMILES string of the molecule is CCNC(C)c1csc(N2CCC(C)CC2C)n1. The summed E-state index contributed by atoms with van der Waals surface area (Å²) in [6.45, 7) is 11.2. The Morgan fingerprint density at radius 3 is 3.00 bits per heavy atom. The van der Waals surface area contributed by atoms with Crippen LogP contribution in [0.4, 0.5) is 5.13 Å². The molecule has 0 amide bonds. The highest BCUT2D eigenvalue weighted by Gasteiger charge is 2.25. The van der Waals surface area contributed by atoms with Crippen molar-refractivity contribution in [1.29, 1.82) is 0 Å². The second-order valence-corrected chi connectivity index (χ2v) is 6.34. The van der Waals surface area contributed by atoms with E-state index in [1.54, 1.807) is 11.3 Å². The maximum atomic E-state index is 4.81. The topological polar surface area (TPSA) is 28.2 Å². The summed E-state index contributed by atoms with van der Waals surface area (Å²) in [7, 11) is 0. The van der Waals surface area contributed by atoms with Crippen molar-refractivity contribution in [2.75, 3.05) is 18.0 Å². The van der Waals surface area contributed by atoms with Gasteiger partial charge in [0, 0.05) is 24.0 Å². The molecule has 18 heavy (non-hydrogen) atoms. The molecular formula is C14H25N3S. The summed E-state index contributed by atoms with van der Waals surface area (Å²) < 4.78 is 0. The maximum absolute atomic E-state index is 4.81. The molecule has 3 nitrogen and oxygen atoms in total. The Labute approximate surface area is 115 Å². The standard InChI is InChI=1S/C14H25N3S/c1-5-15-12(4)13-9-18-14(16-13)17-7-6-10(2)8-11(17)3/h9-12,15H,5-8H2,1-4H3. The Kier molecular flexibility index (Phi) is 4.62. The number of hydrogen-bond donors (Lipinski definition) is 1. The molecule has 0 bridgehead atoms. The monoisotopic (exact) mass is 267 g/mol.